The molecule has 0 bridgehead atoms. The second kappa shape index (κ2) is 10.9. The van der Waals surface area contributed by atoms with Crippen molar-refractivity contribution in [2.45, 2.75) is 64.6 Å². The number of unbranched alkanes of at least 4 members (excludes halogenated alkanes) is 2. The molecule has 168 valence electrons. The van der Waals surface area contributed by atoms with Crippen molar-refractivity contribution >= 4 is 0 Å². The SMILES string of the molecule is CCCCOc1ccc(Oc2ccc(OCCCC)cc2CC2CO2)c(CC2CO2)c1. The molecule has 2 aliphatic heterocycles. The van der Waals surface area contributed by atoms with Gasteiger partial charge in [0.15, 0.2) is 0 Å². The molecule has 5 heteroatoms. The first-order valence-electron chi connectivity index (χ1n) is 11.7. The van der Waals surface area contributed by atoms with Crippen molar-refractivity contribution in [1.82, 2.24) is 0 Å². The van der Waals surface area contributed by atoms with E-state index >= 15 is 0 Å². The van der Waals surface area contributed by atoms with Gasteiger partial charge in [-0.1, -0.05) is 26.7 Å². The highest BCUT2D eigenvalue weighted by atomic mass is 16.6. The van der Waals surface area contributed by atoms with E-state index in [-0.39, 0.29) is 12.2 Å². The summed E-state index contributed by atoms with van der Waals surface area (Å²) in [4.78, 5) is 0. The van der Waals surface area contributed by atoms with Gasteiger partial charge in [0.25, 0.3) is 0 Å². The highest BCUT2D eigenvalue weighted by Gasteiger charge is 2.27. The van der Waals surface area contributed by atoms with Crippen LogP contribution >= 0.6 is 0 Å². The fraction of sp³-hybridized carbons (Fsp3) is 0.538. The monoisotopic (exact) mass is 426 g/mol. The van der Waals surface area contributed by atoms with E-state index in [9.17, 15) is 0 Å². The van der Waals surface area contributed by atoms with Crippen LogP contribution < -0.4 is 14.2 Å². The van der Waals surface area contributed by atoms with Crippen LogP contribution in [0.5, 0.6) is 23.0 Å². The van der Waals surface area contributed by atoms with Crippen LogP contribution in [0.2, 0.25) is 0 Å². The van der Waals surface area contributed by atoms with E-state index in [1.165, 1.54) is 0 Å². The molecule has 2 unspecified atom stereocenters. The summed E-state index contributed by atoms with van der Waals surface area (Å²) in [6, 6.07) is 12.2. The van der Waals surface area contributed by atoms with Crippen molar-refractivity contribution in [3.63, 3.8) is 0 Å². The van der Waals surface area contributed by atoms with Crippen molar-refractivity contribution in [2.75, 3.05) is 26.4 Å². The van der Waals surface area contributed by atoms with Gasteiger partial charge in [0, 0.05) is 24.0 Å². The summed E-state index contributed by atoms with van der Waals surface area (Å²) in [5.74, 6) is 3.50. The maximum atomic E-state index is 6.44. The third-order valence-corrected chi connectivity index (χ3v) is 5.52. The Morgan fingerprint density at radius 2 is 1.19 bits per heavy atom. The Morgan fingerprint density at radius 3 is 1.58 bits per heavy atom. The van der Waals surface area contributed by atoms with Gasteiger partial charge in [0.1, 0.15) is 23.0 Å². The zero-order chi connectivity index (χ0) is 21.5. The number of benzene rings is 2. The zero-order valence-electron chi connectivity index (χ0n) is 18.7. The molecule has 2 heterocycles. The zero-order valence-corrected chi connectivity index (χ0v) is 18.7. The number of ether oxygens (including phenoxy) is 5. The van der Waals surface area contributed by atoms with E-state index in [2.05, 4.69) is 26.0 Å². The highest BCUT2D eigenvalue weighted by Crippen LogP contribution is 2.36. The minimum absolute atomic E-state index is 0.280. The highest BCUT2D eigenvalue weighted by molar-refractivity contribution is 5.47. The fourth-order valence-electron chi connectivity index (χ4n) is 3.46. The lowest BCUT2D eigenvalue weighted by atomic mass is 10.1. The summed E-state index contributed by atoms with van der Waals surface area (Å²) < 4.78 is 29.2. The smallest absolute Gasteiger partial charge is 0.131 e. The molecule has 0 saturated carbocycles. The predicted molar refractivity (Wildman–Crippen MR) is 121 cm³/mol. The van der Waals surface area contributed by atoms with E-state index < -0.39 is 0 Å². The lowest BCUT2D eigenvalue weighted by Gasteiger charge is -2.16. The molecule has 2 aromatic carbocycles. The summed E-state index contributed by atoms with van der Waals surface area (Å²) in [5.41, 5.74) is 2.24. The molecule has 0 N–H and O–H groups in total. The molecule has 0 aliphatic carbocycles. The van der Waals surface area contributed by atoms with Crippen LogP contribution in [-0.2, 0) is 22.3 Å². The Kier molecular flexibility index (Phi) is 7.71. The quantitative estimate of drug-likeness (QED) is 0.286. The molecule has 5 nitrogen and oxygen atoms in total. The van der Waals surface area contributed by atoms with Crippen LogP contribution in [-0.4, -0.2) is 38.6 Å². The normalized spacial score (nSPS) is 19.2. The topological polar surface area (TPSA) is 52.8 Å². The molecule has 0 aromatic heterocycles. The van der Waals surface area contributed by atoms with E-state index in [0.29, 0.717) is 0 Å². The Hall–Kier alpha value is -2.24. The van der Waals surface area contributed by atoms with Crippen molar-refractivity contribution < 1.29 is 23.7 Å². The first-order valence-corrected chi connectivity index (χ1v) is 11.7. The Labute approximate surface area is 185 Å². The molecule has 31 heavy (non-hydrogen) atoms. The second-order valence-corrected chi connectivity index (χ2v) is 8.36. The Balaban J connectivity index is 1.52. The van der Waals surface area contributed by atoms with Gasteiger partial charge in [-0.05, 0) is 49.2 Å². The van der Waals surface area contributed by atoms with Crippen molar-refractivity contribution in [3.05, 3.63) is 47.5 Å². The van der Waals surface area contributed by atoms with E-state index in [1.807, 2.05) is 24.3 Å². The van der Waals surface area contributed by atoms with Gasteiger partial charge in [-0.15, -0.1) is 0 Å². The molecule has 2 fully saturated rings. The van der Waals surface area contributed by atoms with Gasteiger partial charge in [-0.3, -0.25) is 0 Å². The average Bonchev–Trinajstić information content (AvgIpc) is 3.69. The molecule has 2 aromatic rings. The van der Waals surface area contributed by atoms with Crippen LogP contribution in [0.25, 0.3) is 0 Å². The van der Waals surface area contributed by atoms with Gasteiger partial charge in [0.05, 0.1) is 38.6 Å². The van der Waals surface area contributed by atoms with Crippen LogP contribution in [0.15, 0.2) is 36.4 Å². The van der Waals surface area contributed by atoms with Crippen LogP contribution in [0.1, 0.15) is 50.7 Å². The largest absolute Gasteiger partial charge is 0.494 e. The third kappa shape index (κ3) is 6.88. The molecule has 2 aliphatic rings. The third-order valence-electron chi connectivity index (χ3n) is 5.52. The standard InChI is InChI=1S/C26H34O5/c1-3-5-11-27-21-7-9-25(19(13-21)15-23-17-29-23)31-26-10-8-22(28-12-6-4-2)14-20(26)16-24-18-30-24/h7-10,13-14,23-24H,3-6,11-12,15-18H2,1-2H3. The number of rotatable bonds is 14. The first-order chi connectivity index (χ1) is 15.2. The van der Waals surface area contributed by atoms with Crippen LogP contribution in [0.3, 0.4) is 0 Å². The van der Waals surface area contributed by atoms with Crippen molar-refractivity contribution in [2.24, 2.45) is 0 Å². The van der Waals surface area contributed by atoms with E-state index in [1.54, 1.807) is 0 Å². The minimum atomic E-state index is 0.280. The number of hydrogen-bond donors (Lipinski definition) is 0. The summed E-state index contributed by atoms with van der Waals surface area (Å²) in [6.45, 7) is 7.44. The second-order valence-electron chi connectivity index (χ2n) is 8.36. The van der Waals surface area contributed by atoms with E-state index in [4.69, 9.17) is 23.7 Å². The maximum Gasteiger partial charge on any atom is 0.131 e. The predicted octanol–water partition coefficient (Wildman–Crippen LogP) is 5.72. The van der Waals surface area contributed by atoms with Gasteiger partial charge in [0.2, 0.25) is 0 Å². The lowest BCUT2D eigenvalue weighted by Crippen LogP contribution is -2.03. The van der Waals surface area contributed by atoms with Gasteiger partial charge in [-0.25, -0.2) is 0 Å². The van der Waals surface area contributed by atoms with Gasteiger partial charge in [-0.2, -0.15) is 0 Å². The van der Waals surface area contributed by atoms with Crippen LogP contribution in [0.4, 0.5) is 0 Å². The molecule has 2 atom stereocenters. The molecular formula is C26H34O5. The Bertz CT molecular complexity index is 772. The minimum Gasteiger partial charge on any atom is -0.494 e. The summed E-state index contributed by atoms with van der Waals surface area (Å²) in [7, 11) is 0. The number of hydrogen-bond acceptors (Lipinski definition) is 5. The fourth-order valence-corrected chi connectivity index (χ4v) is 3.46. The summed E-state index contributed by atoms with van der Waals surface area (Å²) in [6.07, 6.45) is 6.57. The molecule has 0 amide bonds. The van der Waals surface area contributed by atoms with Crippen molar-refractivity contribution in [1.29, 1.82) is 0 Å². The van der Waals surface area contributed by atoms with Gasteiger partial charge < -0.3 is 23.7 Å². The lowest BCUT2D eigenvalue weighted by molar-refractivity contribution is 0.307. The number of epoxide rings is 2. The van der Waals surface area contributed by atoms with Gasteiger partial charge >= 0.3 is 0 Å². The molecule has 4 rings (SSSR count). The summed E-state index contributed by atoms with van der Waals surface area (Å²) >= 11 is 0. The molecule has 0 radical (unpaired) electrons. The van der Waals surface area contributed by atoms with Crippen molar-refractivity contribution in [3.8, 4) is 23.0 Å². The van der Waals surface area contributed by atoms with Crippen LogP contribution in [0, 0.1) is 0 Å². The molecular weight excluding hydrogens is 392 g/mol. The summed E-state index contributed by atoms with van der Waals surface area (Å²) in [5, 5.41) is 0. The Morgan fingerprint density at radius 1 is 0.742 bits per heavy atom. The first kappa shape index (κ1) is 22.0. The molecule has 0 spiro atoms. The van der Waals surface area contributed by atoms with E-state index in [0.717, 1.165) is 99.1 Å². The maximum absolute atomic E-state index is 6.44. The molecule has 2 saturated heterocycles. The average molecular weight is 427 g/mol.